The van der Waals surface area contributed by atoms with Crippen molar-refractivity contribution in [3.8, 4) is 11.5 Å². The number of hydrogen-bond acceptors (Lipinski definition) is 3. The summed E-state index contributed by atoms with van der Waals surface area (Å²) in [6, 6.07) is 14.5. The Hall–Kier alpha value is -2.42. The maximum Gasteiger partial charge on any atom is 0.161 e. The third-order valence-corrected chi connectivity index (χ3v) is 3.83. The van der Waals surface area contributed by atoms with Gasteiger partial charge in [0.15, 0.2) is 11.5 Å². The lowest BCUT2D eigenvalue weighted by Gasteiger charge is -2.29. The van der Waals surface area contributed by atoms with Crippen LogP contribution in [0.2, 0.25) is 0 Å². The zero-order valence-electron chi connectivity index (χ0n) is 12.6. The zero-order chi connectivity index (χ0) is 14.8. The number of nitrogens with zero attached hydrogens (tertiary/aromatic N) is 1. The third kappa shape index (κ3) is 2.47. The summed E-state index contributed by atoms with van der Waals surface area (Å²) in [5.41, 5.74) is 4.87. The van der Waals surface area contributed by atoms with E-state index >= 15 is 0 Å². The Balaban J connectivity index is 2.09. The van der Waals surface area contributed by atoms with E-state index in [1.165, 1.54) is 22.4 Å². The molecule has 0 unspecified atom stereocenters. The molecule has 3 rings (SSSR count). The molecule has 1 aliphatic heterocycles. The van der Waals surface area contributed by atoms with E-state index in [1.54, 1.807) is 14.2 Å². The summed E-state index contributed by atoms with van der Waals surface area (Å²) >= 11 is 0. The lowest BCUT2D eigenvalue weighted by Crippen LogP contribution is -2.20. The average molecular weight is 281 g/mol. The maximum absolute atomic E-state index is 5.40. The molecule has 0 saturated heterocycles. The Morgan fingerprint density at radius 3 is 2.29 bits per heavy atom. The van der Waals surface area contributed by atoms with E-state index in [9.17, 15) is 0 Å². The molecule has 0 amide bonds. The predicted octanol–water partition coefficient (Wildman–Crippen LogP) is 3.65. The van der Waals surface area contributed by atoms with Gasteiger partial charge in [-0.1, -0.05) is 30.3 Å². The largest absolute Gasteiger partial charge is 0.493 e. The number of fused-ring (bicyclic) bond motifs is 1. The molecule has 0 fully saturated rings. The molecule has 0 N–H and O–H groups in total. The van der Waals surface area contributed by atoms with E-state index in [-0.39, 0.29) is 0 Å². The van der Waals surface area contributed by atoms with Crippen molar-refractivity contribution < 1.29 is 9.47 Å². The van der Waals surface area contributed by atoms with Crippen molar-refractivity contribution in [3.63, 3.8) is 0 Å². The highest BCUT2D eigenvalue weighted by atomic mass is 16.5. The van der Waals surface area contributed by atoms with E-state index in [1.807, 2.05) is 12.1 Å². The first-order chi connectivity index (χ1) is 10.2. The molecular formula is C18H19NO2. The second-order valence-electron chi connectivity index (χ2n) is 5.16. The minimum Gasteiger partial charge on any atom is -0.493 e. The Bertz CT molecular complexity index is 677. The minimum absolute atomic E-state index is 0.768. The summed E-state index contributed by atoms with van der Waals surface area (Å²) in [6.45, 7) is 0.858. The van der Waals surface area contributed by atoms with Gasteiger partial charge in [0.2, 0.25) is 0 Å². The van der Waals surface area contributed by atoms with Gasteiger partial charge >= 0.3 is 0 Å². The number of hydrogen-bond donors (Lipinski definition) is 0. The van der Waals surface area contributed by atoms with Gasteiger partial charge in [-0.15, -0.1) is 0 Å². The van der Waals surface area contributed by atoms with Crippen LogP contribution in [-0.2, 0) is 6.54 Å². The first-order valence-corrected chi connectivity index (χ1v) is 6.96. The van der Waals surface area contributed by atoms with Gasteiger partial charge in [-0.25, -0.2) is 0 Å². The van der Waals surface area contributed by atoms with Gasteiger partial charge in [-0.05, 0) is 34.9 Å². The summed E-state index contributed by atoms with van der Waals surface area (Å²) in [5.74, 6) is 1.55. The Kier molecular flexibility index (Phi) is 3.57. The summed E-state index contributed by atoms with van der Waals surface area (Å²) in [4.78, 5) is 2.25. The van der Waals surface area contributed by atoms with Gasteiger partial charge in [0.1, 0.15) is 0 Å². The molecule has 3 heteroatoms. The van der Waals surface area contributed by atoms with Crippen LogP contribution < -0.4 is 9.47 Å². The second kappa shape index (κ2) is 5.52. The fourth-order valence-corrected chi connectivity index (χ4v) is 2.72. The van der Waals surface area contributed by atoms with Crippen LogP contribution in [0.3, 0.4) is 0 Å². The van der Waals surface area contributed by atoms with Crippen LogP contribution in [0.25, 0.3) is 11.8 Å². The first kappa shape index (κ1) is 13.6. The van der Waals surface area contributed by atoms with Crippen LogP contribution in [0, 0.1) is 0 Å². The average Bonchev–Trinajstić information content (AvgIpc) is 2.53. The van der Waals surface area contributed by atoms with E-state index in [0.717, 1.165) is 18.0 Å². The lowest BCUT2D eigenvalue weighted by atomic mass is 9.98. The van der Waals surface area contributed by atoms with Crippen LogP contribution in [0.15, 0.2) is 42.5 Å². The number of ether oxygens (including phenoxy) is 2. The van der Waals surface area contributed by atoms with Gasteiger partial charge in [-0.2, -0.15) is 0 Å². The monoisotopic (exact) mass is 281 g/mol. The Morgan fingerprint density at radius 2 is 1.62 bits per heavy atom. The van der Waals surface area contributed by atoms with Gasteiger partial charge < -0.3 is 14.4 Å². The number of benzene rings is 2. The molecule has 21 heavy (non-hydrogen) atoms. The van der Waals surface area contributed by atoms with Crippen molar-refractivity contribution in [3.05, 3.63) is 59.2 Å². The third-order valence-electron chi connectivity index (χ3n) is 3.83. The summed E-state index contributed by atoms with van der Waals surface area (Å²) < 4.78 is 10.8. The molecule has 2 aromatic carbocycles. The predicted molar refractivity (Wildman–Crippen MR) is 85.3 cm³/mol. The van der Waals surface area contributed by atoms with Crippen molar-refractivity contribution in [2.24, 2.45) is 0 Å². The molecule has 0 aromatic heterocycles. The van der Waals surface area contributed by atoms with Crippen molar-refractivity contribution in [1.82, 2.24) is 4.90 Å². The van der Waals surface area contributed by atoms with Gasteiger partial charge in [-0.3, -0.25) is 0 Å². The van der Waals surface area contributed by atoms with Crippen LogP contribution in [0.1, 0.15) is 16.7 Å². The molecule has 0 saturated carbocycles. The molecule has 1 aliphatic rings. The SMILES string of the molecule is COc1cc2c(cc1OC)CN(C)C(c1ccccc1)=C2. The topological polar surface area (TPSA) is 21.7 Å². The number of rotatable bonds is 3. The highest BCUT2D eigenvalue weighted by molar-refractivity contribution is 5.83. The molecule has 0 bridgehead atoms. The first-order valence-electron chi connectivity index (χ1n) is 6.96. The fourth-order valence-electron chi connectivity index (χ4n) is 2.72. The summed E-state index contributed by atoms with van der Waals surface area (Å²) in [6.07, 6.45) is 2.20. The zero-order valence-corrected chi connectivity index (χ0v) is 12.6. The summed E-state index contributed by atoms with van der Waals surface area (Å²) in [5, 5.41) is 0. The number of methoxy groups -OCH3 is 2. The van der Waals surface area contributed by atoms with E-state index in [0.29, 0.717) is 0 Å². The normalized spacial score (nSPS) is 13.5. The van der Waals surface area contributed by atoms with E-state index in [2.05, 4.69) is 48.4 Å². The quantitative estimate of drug-likeness (QED) is 0.857. The van der Waals surface area contributed by atoms with Gasteiger partial charge in [0.25, 0.3) is 0 Å². The molecule has 0 spiro atoms. The molecule has 108 valence electrons. The van der Waals surface area contributed by atoms with Crippen molar-refractivity contribution in [2.45, 2.75) is 6.54 Å². The Morgan fingerprint density at radius 1 is 0.952 bits per heavy atom. The Labute approximate surface area is 125 Å². The molecular weight excluding hydrogens is 262 g/mol. The summed E-state index contributed by atoms with van der Waals surface area (Å²) in [7, 11) is 5.45. The molecule has 0 aliphatic carbocycles. The highest BCUT2D eigenvalue weighted by Crippen LogP contribution is 2.36. The van der Waals surface area contributed by atoms with E-state index < -0.39 is 0 Å². The molecule has 1 heterocycles. The van der Waals surface area contributed by atoms with Gasteiger partial charge in [0.05, 0.1) is 14.2 Å². The molecule has 0 atom stereocenters. The second-order valence-corrected chi connectivity index (χ2v) is 5.16. The smallest absolute Gasteiger partial charge is 0.161 e. The standard InChI is InChI=1S/C18H19NO2/c1-19-12-15-11-18(21-3)17(20-2)10-14(15)9-16(19)13-7-5-4-6-8-13/h4-11H,12H2,1-3H3. The van der Waals surface area contributed by atoms with Crippen LogP contribution in [0.4, 0.5) is 0 Å². The van der Waals surface area contributed by atoms with Crippen LogP contribution >= 0.6 is 0 Å². The van der Waals surface area contributed by atoms with E-state index in [4.69, 9.17) is 9.47 Å². The van der Waals surface area contributed by atoms with Crippen LogP contribution in [-0.4, -0.2) is 26.2 Å². The van der Waals surface area contributed by atoms with Crippen molar-refractivity contribution >= 4 is 11.8 Å². The molecule has 3 nitrogen and oxygen atoms in total. The maximum atomic E-state index is 5.40. The highest BCUT2D eigenvalue weighted by Gasteiger charge is 2.19. The van der Waals surface area contributed by atoms with Crippen LogP contribution in [0.5, 0.6) is 11.5 Å². The fraction of sp³-hybridized carbons (Fsp3) is 0.222. The van der Waals surface area contributed by atoms with Crippen molar-refractivity contribution in [1.29, 1.82) is 0 Å². The van der Waals surface area contributed by atoms with Crippen molar-refractivity contribution in [2.75, 3.05) is 21.3 Å². The lowest BCUT2D eigenvalue weighted by molar-refractivity contribution is 0.353. The molecule has 0 radical (unpaired) electrons. The van der Waals surface area contributed by atoms with Gasteiger partial charge in [0, 0.05) is 19.3 Å². The molecule has 2 aromatic rings. The minimum atomic E-state index is 0.768.